The summed E-state index contributed by atoms with van der Waals surface area (Å²) in [6.45, 7) is 5.87. The van der Waals surface area contributed by atoms with Gasteiger partial charge in [-0.1, -0.05) is 12.1 Å². The molecular weight excluding hydrogens is 270 g/mol. The van der Waals surface area contributed by atoms with Gasteiger partial charge in [0.25, 0.3) is 0 Å². The number of benzene rings is 1. The lowest BCUT2D eigenvalue weighted by Gasteiger charge is -2.30. The standard InChI is InChI=1S/C15H21N3OS/c1-11(18(2)10-12-9-16-7-8-19-12)15-17-13-5-3-4-6-14(13)20-15/h3-6,11-12,16H,7-10H2,1-2H3. The van der Waals surface area contributed by atoms with Crippen molar-refractivity contribution in [3.8, 4) is 0 Å². The summed E-state index contributed by atoms with van der Waals surface area (Å²) in [6, 6.07) is 8.65. The first kappa shape index (κ1) is 13.9. The third kappa shape index (κ3) is 3.01. The topological polar surface area (TPSA) is 37.4 Å². The highest BCUT2D eigenvalue weighted by Gasteiger charge is 2.21. The summed E-state index contributed by atoms with van der Waals surface area (Å²) in [5.41, 5.74) is 1.10. The Kier molecular flexibility index (Phi) is 4.31. The molecule has 20 heavy (non-hydrogen) atoms. The number of hydrogen-bond donors (Lipinski definition) is 1. The number of rotatable bonds is 4. The van der Waals surface area contributed by atoms with Crippen LogP contribution in [0.5, 0.6) is 0 Å². The van der Waals surface area contributed by atoms with Crippen LogP contribution in [-0.4, -0.2) is 49.3 Å². The fourth-order valence-corrected chi connectivity index (χ4v) is 3.56. The first-order valence-corrected chi connectivity index (χ1v) is 7.93. The lowest BCUT2D eigenvalue weighted by atomic mass is 10.2. The van der Waals surface area contributed by atoms with Crippen molar-refractivity contribution in [3.05, 3.63) is 29.3 Å². The van der Waals surface area contributed by atoms with Crippen LogP contribution in [-0.2, 0) is 4.74 Å². The predicted molar refractivity (Wildman–Crippen MR) is 83.3 cm³/mol. The van der Waals surface area contributed by atoms with Crippen molar-refractivity contribution in [2.45, 2.75) is 19.1 Å². The molecule has 1 aromatic heterocycles. The fraction of sp³-hybridized carbons (Fsp3) is 0.533. The van der Waals surface area contributed by atoms with Crippen LogP contribution in [0.3, 0.4) is 0 Å². The number of morpholine rings is 1. The molecular formula is C15H21N3OS. The minimum absolute atomic E-state index is 0.283. The van der Waals surface area contributed by atoms with Gasteiger partial charge in [-0.2, -0.15) is 0 Å². The Labute approximate surface area is 123 Å². The molecule has 108 valence electrons. The Bertz CT molecular complexity index is 532. The van der Waals surface area contributed by atoms with E-state index in [-0.39, 0.29) is 6.10 Å². The number of nitrogens with zero attached hydrogens (tertiary/aromatic N) is 2. The maximum atomic E-state index is 5.77. The maximum Gasteiger partial charge on any atom is 0.111 e. The van der Waals surface area contributed by atoms with E-state index in [0.717, 1.165) is 31.8 Å². The number of nitrogens with one attached hydrogen (secondary N) is 1. The normalized spacial score (nSPS) is 21.4. The van der Waals surface area contributed by atoms with Crippen molar-refractivity contribution in [3.63, 3.8) is 0 Å². The molecule has 0 saturated carbocycles. The fourth-order valence-electron chi connectivity index (χ4n) is 2.47. The molecule has 4 nitrogen and oxygen atoms in total. The zero-order valence-electron chi connectivity index (χ0n) is 12.0. The highest BCUT2D eigenvalue weighted by molar-refractivity contribution is 7.18. The Morgan fingerprint density at radius 3 is 3.10 bits per heavy atom. The van der Waals surface area contributed by atoms with Gasteiger partial charge >= 0.3 is 0 Å². The Morgan fingerprint density at radius 1 is 1.50 bits per heavy atom. The zero-order valence-corrected chi connectivity index (χ0v) is 12.8. The van der Waals surface area contributed by atoms with Gasteiger partial charge in [-0.15, -0.1) is 11.3 Å². The molecule has 0 spiro atoms. The molecule has 0 radical (unpaired) electrons. The van der Waals surface area contributed by atoms with Gasteiger partial charge in [0.1, 0.15) is 5.01 Å². The third-order valence-electron chi connectivity index (χ3n) is 3.82. The Balaban J connectivity index is 1.68. The van der Waals surface area contributed by atoms with Gasteiger partial charge in [-0.3, -0.25) is 4.90 Å². The van der Waals surface area contributed by atoms with Crippen LogP contribution < -0.4 is 5.32 Å². The number of para-hydroxylation sites is 1. The summed E-state index contributed by atoms with van der Waals surface area (Å²) in [6.07, 6.45) is 0.283. The van der Waals surface area contributed by atoms with Gasteiger partial charge in [0.2, 0.25) is 0 Å². The maximum absolute atomic E-state index is 5.77. The quantitative estimate of drug-likeness (QED) is 0.938. The lowest BCUT2D eigenvalue weighted by molar-refractivity contribution is 0.00393. The van der Waals surface area contributed by atoms with E-state index < -0.39 is 0 Å². The molecule has 1 N–H and O–H groups in total. The van der Waals surface area contributed by atoms with Crippen LogP contribution >= 0.6 is 11.3 Å². The van der Waals surface area contributed by atoms with Crippen LogP contribution in [0, 0.1) is 0 Å². The number of likely N-dealkylation sites (N-methyl/N-ethyl adjacent to an activating group) is 1. The van der Waals surface area contributed by atoms with Crippen LogP contribution in [0.4, 0.5) is 0 Å². The molecule has 2 aromatic rings. The average Bonchev–Trinajstić information content (AvgIpc) is 2.91. The highest BCUT2D eigenvalue weighted by Crippen LogP contribution is 2.28. The van der Waals surface area contributed by atoms with Gasteiger partial charge in [-0.05, 0) is 26.1 Å². The Hall–Kier alpha value is -1.01. The van der Waals surface area contributed by atoms with Crippen molar-refractivity contribution in [2.24, 2.45) is 0 Å². The molecule has 1 fully saturated rings. The molecule has 1 aliphatic rings. The number of hydrogen-bond acceptors (Lipinski definition) is 5. The van der Waals surface area contributed by atoms with E-state index in [1.54, 1.807) is 11.3 Å². The summed E-state index contributed by atoms with van der Waals surface area (Å²) in [5.74, 6) is 0. The smallest absolute Gasteiger partial charge is 0.111 e. The number of fused-ring (bicyclic) bond motifs is 1. The second-order valence-electron chi connectivity index (χ2n) is 5.33. The predicted octanol–water partition coefficient (Wildman–Crippen LogP) is 2.28. The summed E-state index contributed by atoms with van der Waals surface area (Å²) in [5, 5.41) is 4.55. The highest BCUT2D eigenvalue weighted by atomic mass is 32.1. The molecule has 2 heterocycles. The monoisotopic (exact) mass is 291 g/mol. The third-order valence-corrected chi connectivity index (χ3v) is 5.03. The molecule has 0 amide bonds. The Morgan fingerprint density at radius 2 is 2.35 bits per heavy atom. The number of aromatic nitrogens is 1. The van der Waals surface area contributed by atoms with Gasteiger partial charge < -0.3 is 10.1 Å². The summed E-state index contributed by atoms with van der Waals surface area (Å²) >= 11 is 1.79. The van der Waals surface area contributed by atoms with Crippen molar-refractivity contribution >= 4 is 21.6 Å². The number of thiazole rings is 1. The van der Waals surface area contributed by atoms with Gasteiger partial charge in [-0.25, -0.2) is 4.98 Å². The largest absolute Gasteiger partial charge is 0.374 e. The molecule has 3 rings (SSSR count). The van der Waals surface area contributed by atoms with E-state index in [2.05, 4.69) is 42.4 Å². The van der Waals surface area contributed by atoms with Crippen LogP contribution in [0.1, 0.15) is 18.0 Å². The van der Waals surface area contributed by atoms with Crippen molar-refractivity contribution in [1.82, 2.24) is 15.2 Å². The van der Waals surface area contributed by atoms with Crippen molar-refractivity contribution < 1.29 is 4.74 Å². The van der Waals surface area contributed by atoms with Crippen molar-refractivity contribution in [2.75, 3.05) is 33.3 Å². The SMILES string of the molecule is CC(c1nc2ccccc2s1)N(C)CC1CNCCO1. The van der Waals surface area contributed by atoms with Crippen LogP contribution in [0.25, 0.3) is 10.2 Å². The average molecular weight is 291 g/mol. The summed E-state index contributed by atoms with van der Waals surface area (Å²) in [7, 11) is 2.15. The minimum atomic E-state index is 0.283. The van der Waals surface area contributed by atoms with Gasteiger partial charge in [0.05, 0.1) is 29.0 Å². The first-order chi connectivity index (χ1) is 9.74. The van der Waals surface area contributed by atoms with E-state index in [1.165, 1.54) is 9.71 Å². The van der Waals surface area contributed by atoms with Gasteiger partial charge in [0.15, 0.2) is 0 Å². The molecule has 1 aliphatic heterocycles. The molecule has 1 aromatic carbocycles. The van der Waals surface area contributed by atoms with Crippen LogP contribution in [0.2, 0.25) is 0 Å². The molecule has 2 atom stereocenters. The van der Waals surface area contributed by atoms with E-state index in [9.17, 15) is 0 Å². The lowest BCUT2D eigenvalue weighted by Crippen LogP contribution is -2.44. The molecule has 0 aliphatic carbocycles. The molecule has 5 heteroatoms. The van der Waals surface area contributed by atoms with E-state index in [1.807, 2.05) is 6.07 Å². The first-order valence-electron chi connectivity index (χ1n) is 7.12. The number of ether oxygens (including phenoxy) is 1. The minimum Gasteiger partial charge on any atom is -0.374 e. The van der Waals surface area contributed by atoms with E-state index in [4.69, 9.17) is 9.72 Å². The van der Waals surface area contributed by atoms with Crippen LogP contribution in [0.15, 0.2) is 24.3 Å². The molecule has 0 bridgehead atoms. The zero-order chi connectivity index (χ0) is 13.9. The van der Waals surface area contributed by atoms with E-state index >= 15 is 0 Å². The van der Waals surface area contributed by atoms with E-state index in [0.29, 0.717) is 6.04 Å². The molecule has 2 unspecified atom stereocenters. The van der Waals surface area contributed by atoms with Crippen molar-refractivity contribution in [1.29, 1.82) is 0 Å². The summed E-state index contributed by atoms with van der Waals surface area (Å²) < 4.78 is 7.03. The molecule has 1 saturated heterocycles. The van der Waals surface area contributed by atoms with Gasteiger partial charge in [0, 0.05) is 19.6 Å². The second kappa shape index (κ2) is 6.18. The summed E-state index contributed by atoms with van der Waals surface area (Å²) in [4.78, 5) is 7.08. The second-order valence-corrected chi connectivity index (χ2v) is 6.39.